The lowest BCUT2D eigenvalue weighted by Crippen LogP contribution is -2.24. The second-order valence-corrected chi connectivity index (χ2v) is 6.31. The summed E-state index contributed by atoms with van der Waals surface area (Å²) in [5.41, 5.74) is 3.13. The van der Waals surface area contributed by atoms with Gasteiger partial charge >= 0.3 is 0 Å². The average molecular weight is 342 g/mol. The summed E-state index contributed by atoms with van der Waals surface area (Å²) in [5, 5.41) is 1.47. The second kappa shape index (κ2) is 5.34. The van der Waals surface area contributed by atoms with Crippen molar-refractivity contribution in [2.45, 2.75) is 6.73 Å². The van der Waals surface area contributed by atoms with Crippen LogP contribution >= 0.6 is 0 Å². The molecule has 1 aliphatic carbocycles. The van der Waals surface area contributed by atoms with Crippen LogP contribution in [0.25, 0.3) is 21.8 Å². The van der Waals surface area contributed by atoms with Crippen LogP contribution in [-0.2, 0) is 11.5 Å². The molecule has 126 valence electrons. The normalized spacial score (nSPS) is 13.3. The highest BCUT2D eigenvalue weighted by molar-refractivity contribution is 6.35. The number of methoxy groups -OCH3 is 1. The molecule has 0 unspecified atom stereocenters. The number of pyridine rings is 1. The number of rotatable bonds is 2. The molecule has 0 amide bonds. The summed E-state index contributed by atoms with van der Waals surface area (Å²) in [6.45, 7) is 0.200. The lowest BCUT2D eigenvalue weighted by atomic mass is 9.85. The molecular formula is C21H14N2O3. The third-order valence-corrected chi connectivity index (χ3v) is 4.92. The summed E-state index contributed by atoms with van der Waals surface area (Å²) in [5.74, 6) is -0.333. The Labute approximate surface area is 148 Å². The van der Waals surface area contributed by atoms with Crippen LogP contribution in [0.15, 0.2) is 54.7 Å². The van der Waals surface area contributed by atoms with Gasteiger partial charge in [-0.15, -0.1) is 0 Å². The SMILES string of the molecule is COCn1c2c(c3ccccc31)C(=O)c1c(cnc3ccccc13)C2=O. The van der Waals surface area contributed by atoms with Crippen LogP contribution in [0, 0.1) is 0 Å². The van der Waals surface area contributed by atoms with E-state index in [0.29, 0.717) is 33.3 Å². The van der Waals surface area contributed by atoms with Gasteiger partial charge in [0.05, 0.1) is 22.2 Å². The van der Waals surface area contributed by atoms with Gasteiger partial charge in [0, 0.05) is 29.6 Å². The number of nitrogens with zero attached hydrogens (tertiary/aromatic N) is 2. The van der Waals surface area contributed by atoms with Gasteiger partial charge in [-0.2, -0.15) is 0 Å². The number of para-hydroxylation sites is 2. The number of ether oxygens (including phenoxy) is 1. The highest BCUT2D eigenvalue weighted by atomic mass is 16.5. The molecule has 0 N–H and O–H groups in total. The van der Waals surface area contributed by atoms with Crippen molar-refractivity contribution < 1.29 is 14.3 Å². The molecule has 2 aromatic heterocycles. The monoisotopic (exact) mass is 342 g/mol. The number of ketones is 2. The van der Waals surface area contributed by atoms with Gasteiger partial charge in [-0.3, -0.25) is 14.6 Å². The van der Waals surface area contributed by atoms with Crippen LogP contribution in [0.2, 0.25) is 0 Å². The Kier molecular flexibility index (Phi) is 3.08. The van der Waals surface area contributed by atoms with Gasteiger partial charge in [-0.1, -0.05) is 36.4 Å². The van der Waals surface area contributed by atoms with E-state index in [1.807, 2.05) is 48.5 Å². The minimum atomic E-state index is -0.193. The first-order chi connectivity index (χ1) is 12.7. The fourth-order valence-corrected chi connectivity index (χ4v) is 3.84. The summed E-state index contributed by atoms with van der Waals surface area (Å²) >= 11 is 0. The topological polar surface area (TPSA) is 61.2 Å². The van der Waals surface area contributed by atoms with Gasteiger partial charge in [0.25, 0.3) is 0 Å². The lowest BCUT2D eigenvalue weighted by Gasteiger charge is -2.18. The molecule has 0 aliphatic heterocycles. The van der Waals surface area contributed by atoms with Crippen molar-refractivity contribution in [2.24, 2.45) is 0 Å². The van der Waals surface area contributed by atoms with E-state index in [9.17, 15) is 9.59 Å². The van der Waals surface area contributed by atoms with Gasteiger partial charge in [0.15, 0.2) is 5.78 Å². The van der Waals surface area contributed by atoms with Crippen molar-refractivity contribution in [2.75, 3.05) is 7.11 Å². The van der Waals surface area contributed by atoms with E-state index in [1.165, 1.54) is 6.20 Å². The number of benzene rings is 2. The molecular weight excluding hydrogens is 328 g/mol. The average Bonchev–Trinajstić information content (AvgIpc) is 3.01. The van der Waals surface area contributed by atoms with Crippen LogP contribution < -0.4 is 0 Å². The Morgan fingerprint density at radius 2 is 1.65 bits per heavy atom. The fourth-order valence-electron chi connectivity index (χ4n) is 3.84. The molecule has 0 fully saturated rings. The van der Waals surface area contributed by atoms with E-state index in [2.05, 4.69) is 4.98 Å². The molecule has 2 aromatic carbocycles. The minimum absolute atomic E-state index is 0.140. The molecule has 0 atom stereocenters. The summed E-state index contributed by atoms with van der Waals surface area (Å²) in [7, 11) is 1.57. The van der Waals surface area contributed by atoms with Crippen LogP contribution in [-0.4, -0.2) is 28.2 Å². The van der Waals surface area contributed by atoms with E-state index in [-0.39, 0.29) is 18.3 Å². The molecule has 1 aliphatic rings. The van der Waals surface area contributed by atoms with Crippen molar-refractivity contribution in [3.8, 4) is 0 Å². The van der Waals surface area contributed by atoms with Crippen molar-refractivity contribution in [3.63, 3.8) is 0 Å². The van der Waals surface area contributed by atoms with Crippen molar-refractivity contribution >= 4 is 33.4 Å². The first kappa shape index (κ1) is 15.0. The summed E-state index contributed by atoms with van der Waals surface area (Å²) < 4.78 is 7.05. The maximum absolute atomic E-state index is 13.5. The van der Waals surface area contributed by atoms with Crippen LogP contribution in [0.1, 0.15) is 32.0 Å². The number of hydrogen-bond donors (Lipinski definition) is 0. The first-order valence-corrected chi connectivity index (χ1v) is 8.29. The molecule has 0 radical (unpaired) electrons. The molecule has 2 heterocycles. The van der Waals surface area contributed by atoms with Crippen molar-refractivity contribution in [3.05, 3.63) is 77.1 Å². The molecule has 5 nitrogen and oxygen atoms in total. The predicted molar refractivity (Wildman–Crippen MR) is 97.6 cm³/mol. The second-order valence-electron chi connectivity index (χ2n) is 6.31. The fraction of sp³-hybridized carbons (Fsp3) is 0.0952. The zero-order chi connectivity index (χ0) is 17.8. The maximum Gasteiger partial charge on any atom is 0.212 e. The standard InChI is InChI=1S/C21H14N2O3/c1-26-11-23-16-9-5-3-7-13(16)18-19(23)20(24)14-10-22-15-8-4-2-6-12(15)17(14)21(18)25/h2-10H,11H2,1H3. The molecule has 0 spiro atoms. The molecule has 0 saturated heterocycles. The van der Waals surface area contributed by atoms with Gasteiger partial charge in [-0.25, -0.2) is 0 Å². The van der Waals surface area contributed by atoms with Crippen LogP contribution in [0.3, 0.4) is 0 Å². The summed E-state index contributed by atoms with van der Waals surface area (Å²) in [6, 6.07) is 14.9. The number of aromatic nitrogens is 2. The van der Waals surface area contributed by atoms with E-state index >= 15 is 0 Å². The third-order valence-electron chi connectivity index (χ3n) is 4.92. The van der Waals surface area contributed by atoms with Crippen molar-refractivity contribution in [1.82, 2.24) is 9.55 Å². The molecule has 5 heteroatoms. The zero-order valence-corrected chi connectivity index (χ0v) is 14.0. The lowest BCUT2D eigenvalue weighted by molar-refractivity contribution is 0.0951. The Bertz CT molecular complexity index is 1240. The van der Waals surface area contributed by atoms with Crippen LogP contribution in [0.5, 0.6) is 0 Å². The van der Waals surface area contributed by atoms with Gasteiger partial charge in [-0.05, 0) is 12.1 Å². The Morgan fingerprint density at radius 3 is 2.46 bits per heavy atom. The predicted octanol–water partition coefficient (Wildman–Crippen LogP) is 3.57. The summed E-state index contributed by atoms with van der Waals surface area (Å²) in [4.78, 5) is 31.1. The highest BCUT2D eigenvalue weighted by Crippen LogP contribution is 2.37. The van der Waals surface area contributed by atoms with Crippen LogP contribution in [0.4, 0.5) is 0 Å². The zero-order valence-electron chi connectivity index (χ0n) is 14.0. The molecule has 5 rings (SSSR count). The van der Waals surface area contributed by atoms with Gasteiger partial charge in [0.1, 0.15) is 12.4 Å². The molecule has 0 saturated carbocycles. The number of hydrogen-bond acceptors (Lipinski definition) is 4. The molecule has 4 aromatic rings. The third kappa shape index (κ3) is 1.80. The maximum atomic E-state index is 13.5. The van der Waals surface area contributed by atoms with E-state index in [4.69, 9.17) is 4.74 Å². The Balaban J connectivity index is 1.92. The largest absolute Gasteiger partial charge is 0.364 e. The smallest absolute Gasteiger partial charge is 0.212 e. The molecule has 26 heavy (non-hydrogen) atoms. The van der Waals surface area contributed by atoms with Crippen molar-refractivity contribution in [1.29, 1.82) is 0 Å². The van der Waals surface area contributed by atoms with Gasteiger partial charge < -0.3 is 9.30 Å². The van der Waals surface area contributed by atoms with Gasteiger partial charge in [0.2, 0.25) is 5.78 Å². The molecule has 0 bridgehead atoms. The number of carbonyl (C=O) groups excluding carboxylic acids is 2. The number of fused-ring (bicyclic) bond motifs is 6. The summed E-state index contributed by atoms with van der Waals surface area (Å²) in [6.07, 6.45) is 1.51. The highest BCUT2D eigenvalue weighted by Gasteiger charge is 2.36. The minimum Gasteiger partial charge on any atom is -0.364 e. The Morgan fingerprint density at radius 1 is 0.923 bits per heavy atom. The number of carbonyl (C=O) groups is 2. The van der Waals surface area contributed by atoms with E-state index < -0.39 is 0 Å². The first-order valence-electron chi connectivity index (χ1n) is 8.29. The van der Waals surface area contributed by atoms with E-state index in [0.717, 1.165) is 10.9 Å². The van der Waals surface area contributed by atoms with E-state index in [1.54, 1.807) is 11.7 Å². The quantitative estimate of drug-likeness (QED) is 0.492. The Hall–Kier alpha value is -3.31.